The van der Waals surface area contributed by atoms with Crippen LogP contribution in [0.25, 0.3) is 0 Å². The predicted molar refractivity (Wildman–Crippen MR) is 45.0 cm³/mol. The smallest absolute Gasteiger partial charge is 0.0817 e. The van der Waals surface area contributed by atoms with E-state index in [1.807, 2.05) is 11.2 Å². The summed E-state index contributed by atoms with van der Waals surface area (Å²) in [5.74, 6) is 0. The third-order valence-electron chi connectivity index (χ3n) is 1.35. The van der Waals surface area contributed by atoms with Gasteiger partial charge in [-0.15, -0.1) is 0 Å². The Bertz CT molecular complexity index is 176. The van der Waals surface area contributed by atoms with E-state index in [0.717, 1.165) is 13.1 Å². The van der Waals surface area contributed by atoms with Gasteiger partial charge in [-0.25, -0.2) is 0 Å². The second kappa shape index (κ2) is 3.03. The molecule has 3 heteroatoms. The summed E-state index contributed by atoms with van der Waals surface area (Å²) in [6.07, 6.45) is 4.13. The Labute approximate surface area is 67.8 Å². The molecule has 62 valence electrons. The average molecular weight is 153 g/mol. The maximum absolute atomic E-state index is 3.91. The minimum atomic E-state index is 0.234. The highest BCUT2D eigenvalue weighted by atomic mass is 15.6. The predicted octanol–water partition coefficient (Wildman–Crippen LogP) is 2.23. The fourth-order valence-electron chi connectivity index (χ4n) is 0.732. The van der Waals surface area contributed by atoms with Crippen LogP contribution in [-0.2, 0) is 0 Å². The van der Waals surface area contributed by atoms with Gasteiger partial charge < -0.3 is 0 Å². The minimum Gasteiger partial charge on any atom is -0.253 e. The molecule has 0 aromatic carbocycles. The quantitative estimate of drug-likeness (QED) is 0.567. The summed E-state index contributed by atoms with van der Waals surface area (Å²) in [6.45, 7) is 8.24. The SMILES string of the molecule is CC(C)(C)/C=C/N1CCN=N1. The monoisotopic (exact) mass is 153 g/mol. The molecule has 0 fully saturated rings. The van der Waals surface area contributed by atoms with Crippen LogP contribution in [0.15, 0.2) is 22.6 Å². The molecule has 0 atom stereocenters. The number of rotatable bonds is 1. The second-order valence-electron chi connectivity index (χ2n) is 3.80. The third kappa shape index (κ3) is 3.16. The highest BCUT2D eigenvalue weighted by Crippen LogP contribution is 2.15. The third-order valence-corrected chi connectivity index (χ3v) is 1.35. The van der Waals surface area contributed by atoms with E-state index in [9.17, 15) is 0 Å². The lowest BCUT2D eigenvalue weighted by atomic mass is 9.97. The lowest BCUT2D eigenvalue weighted by molar-refractivity contribution is 0.429. The van der Waals surface area contributed by atoms with Gasteiger partial charge in [0.2, 0.25) is 0 Å². The molecule has 1 aliphatic heterocycles. The Kier molecular flexibility index (Phi) is 2.27. The first kappa shape index (κ1) is 8.24. The standard InChI is InChI=1S/C8H15N3/c1-8(2,3)4-6-11-7-5-9-10-11/h4,6H,5,7H2,1-3H3/b6-4+. The van der Waals surface area contributed by atoms with Crippen LogP contribution in [0, 0.1) is 5.41 Å². The van der Waals surface area contributed by atoms with Crippen LogP contribution in [0.2, 0.25) is 0 Å². The first-order valence-electron chi connectivity index (χ1n) is 3.91. The van der Waals surface area contributed by atoms with Gasteiger partial charge in [-0.3, -0.25) is 5.01 Å². The van der Waals surface area contributed by atoms with Crippen molar-refractivity contribution in [2.75, 3.05) is 13.1 Å². The van der Waals surface area contributed by atoms with Gasteiger partial charge >= 0.3 is 0 Å². The lowest BCUT2D eigenvalue weighted by Gasteiger charge is -2.13. The summed E-state index contributed by atoms with van der Waals surface area (Å²) in [4.78, 5) is 0. The highest BCUT2D eigenvalue weighted by molar-refractivity contribution is 4.91. The Balaban J connectivity index is 2.41. The van der Waals surface area contributed by atoms with E-state index in [-0.39, 0.29) is 5.41 Å². The molecule has 0 saturated heterocycles. The van der Waals surface area contributed by atoms with Gasteiger partial charge in [-0.1, -0.05) is 32.1 Å². The zero-order valence-corrected chi connectivity index (χ0v) is 7.41. The molecule has 0 aromatic heterocycles. The normalized spacial score (nSPS) is 18.6. The molecule has 3 nitrogen and oxygen atoms in total. The fourth-order valence-corrected chi connectivity index (χ4v) is 0.732. The topological polar surface area (TPSA) is 28.0 Å². The van der Waals surface area contributed by atoms with E-state index < -0.39 is 0 Å². The van der Waals surface area contributed by atoms with Crippen LogP contribution in [0.5, 0.6) is 0 Å². The van der Waals surface area contributed by atoms with Crippen molar-refractivity contribution in [3.63, 3.8) is 0 Å². The maximum Gasteiger partial charge on any atom is 0.0817 e. The van der Waals surface area contributed by atoms with Crippen LogP contribution in [0.1, 0.15) is 20.8 Å². The van der Waals surface area contributed by atoms with E-state index >= 15 is 0 Å². The molecule has 0 aromatic rings. The van der Waals surface area contributed by atoms with Crippen molar-refractivity contribution in [3.05, 3.63) is 12.3 Å². The van der Waals surface area contributed by atoms with Crippen molar-refractivity contribution >= 4 is 0 Å². The van der Waals surface area contributed by atoms with Gasteiger partial charge in [-0.2, -0.15) is 5.11 Å². The molecule has 1 heterocycles. The molecule has 0 aliphatic carbocycles. The molecule has 0 spiro atoms. The van der Waals surface area contributed by atoms with Gasteiger partial charge in [0, 0.05) is 6.20 Å². The van der Waals surface area contributed by atoms with Crippen molar-refractivity contribution in [2.45, 2.75) is 20.8 Å². The van der Waals surface area contributed by atoms with Crippen LogP contribution in [0.3, 0.4) is 0 Å². The number of allylic oxidation sites excluding steroid dienone is 1. The van der Waals surface area contributed by atoms with Crippen LogP contribution >= 0.6 is 0 Å². The Hall–Kier alpha value is -0.860. The van der Waals surface area contributed by atoms with Crippen molar-refractivity contribution < 1.29 is 0 Å². The van der Waals surface area contributed by atoms with Crippen LogP contribution in [-0.4, -0.2) is 18.1 Å². The Morgan fingerprint density at radius 3 is 2.55 bits per heavy atom. The fraction of sp³-hybridized carbons (Fsp3) is 0.750. The molecule has 0 bridgehead atoms. The molecule has 0 unspecified atom stereocenters. The molecule has 0 saturated carbocycles. The van der Waals surface area contributed by atoms with Crippen molar-refractivity contribution in [3.8, 4) is 0 Å². The molecule has 1 aliphatic rings. The molecule has 11 heavy (non-hydrogen) atoms. The van der Waals surface area contributed by atoms with Crippen molar-refractivity contribution in [2.24, 2.45) is 15.8 Å². The number of nitrogens with zero attached hydrogens (tertiary/aromatic N) is 3. The van der Waals surface area contributed by atoms with E-state index in [4.69, 9.17) is 0 Å². The maximum atomic E-state index is 3.91. The van der Waals surface area contributed by atoms with Crippen molar-refractivity contribution in [1.29, 1.82) is 0 Å². The van der Waals surface area contributed by atoms with Gasteiger partial charge in [0.25, 0.3) is 0 Å². The van der Waals surface area contributed by atoms with Gasteiger partial charge in [0.1, 0.15) is 0 Å². The molecular weight excluding hydrogens is 138 g/mol. The van der Waals surface area contributed by atoms with Crippen LogP contribution in [0.4, 0.5) is 0 Å². The summed E-state index contributed by atoms with van der Waals surface area (Å²) >= 11 is 0. The Morgan fingerprint density at radius 2 is 2.09 bits per heavy atom. The molecule has 0 radical (unpaired) electrons. The summed E-state index contributed by atoms with van der Waals surface area (Å²) in [6, 6.07) is 0. The lowest BCUT2D eigenvalue weighted by Crippen LogP contribution is -2.09. The van der Waals surface area contributed by atoms with E-state index in [0.29, 0.717) is 0 Å². The van der Waals surface area contributed by atoms with Crippen molar-refractivity contribution in [1.82, 2.24) is 5.01 Å². The van der Waals surface area contributed by atoms with Gasteiger partial charge in [0.05, 0.1) is 13.1 Å². The largest absolute Gasteiger partial charge is 0.253 e. The van der Waals surface area contributed by atoms with E-state index in [1.165, 1.54) is 0 Å². The average Bonchev–Trinajstić information content (AvgIpc) is 2.32. The van der Waals surface area contributed by atoms with Gasteiger partial charge in [0.15, 0.2) is 0 Å². The zero-order chi connectivity index (χ0) is 8.32. The molecule has 0 amide bonds. The summed E-state index contributed by atoms with van der Waals surface area (Å²) in [7, 11) is 0. The molecular formula is C8H15N3. The molecule has 0 N–H and O–H groups in total. The number of hydrogen-bond donors (Lipinski definition) is 0. The number of hydrogen-bond acceptors (Lipinski definition) is 3. The summed E-state index contributed by atoms with van der Waals surface area (Å²) < 4.78 is 0. The molecule has 1 rings (SSSR count). The summed E-state index contributed by atoms with van der Waals surface area (Å²) in [5, 5.41) is 9.64. The zero-order valence-electron chi connectivity index (χ0n) is 7.41. The first-order chi connectivity index (χ1) is 5.08. The van der Waals surface area contributed by atoms with E-state index in [2.05, 4.69) is 37.2 Å². The second-order valence-corrected chi connectivity index (χ2v) is 3.80. The first-order valence-corrected chi connectivity index (χ1v) is 3.91. The summed E-state index contributed by atoms with van der Waals surface area (Å²) in [5.41, 5.74) is 0.234. The van der Waals surface area contributed by atoms with E-state index in [1.54, 1.807) is 0 Å². The highest BCUT2D eigenvalue weighted by Gasteiger charge is 2.07. The van der Waals surface area contributed by atoms with Gasteiger partial charge in [-0.05, 0) is 5.41 Å². The Morgan fingerprint density at radius 1 is 1.36 bits per heavy atom. The van der Waals surface area contributed by atoms with Crippen LogP contribution < -0.4 is 0 Å². The minimum absolute atomic E-state index is 0.234.